The van der Waals surface area contributed by atoms with Gasteiger partial charge in [-0.25, -0.2) is 0 Å². The highest BCUT2D eigenvalue weighted by molar-refractivity contribution is 5.97. The summed E-state index contributed by atoms with van der Waals surface area (Å²) in [6.45, 7) is 4.19. The van der Waals surface area contributed by atoms with Gasteiger partial charge in [0, 0.05) is 24.2 Å². The van der Waals surface area contributed by atoms with Gasteiger partial charge in [-0.05, 0) is 49.6 Å². The lowest BCUT2D eigenvalue weighted by atomic mass is 9.83. The second-order valence-corrected chi connectivity index (χ2v) is 7.98. The fraction of sp³-hybridized carbons (Fsp3) is 0.417. The lowest BCUT2D eigenvalue weighted by Gasteiger charge is -2.41. The summed E-state index contributed by atoms with van der Waals surface area (Å²) in [6, 6.07) is 12.7. The van der Waals surface area contributed by atoms with Gasteiger partial charge >= 0.3 is 0 Å². The zero-order valence-corrected chi connectivity index (χ0v) is 18.1. The Morgan fingerprint density at radius 2 is 1.94 bits per heavy atom. The van der Waals surface area contributed by atoms with Gasteiger partial charge in [0.2, 0.25) is 18.6 Å². The van der Waals surface area contributed by atoms with E-state index in [2.05, 4.69) is 5.32 Å². The number of hydrogen-bond donors (Lipinski definition) is 1. The van der Waals surface area contributed by atoms with E-state index in [0.29, 0.717) is 30.0 Å². The predicted molar refractivity (Wildman–Crippen MR) is 116 cm³/mol. The van der Waals surface area contributed by atoms with E-state index in [1.807, 2.05) is 50.2 Å². The minimum atomic E-state index is -0.434. The Kier molecular flexibility index (Phi) is 6.02. The summed E-state index contributed by atoms with van der Waals surface area (Å²) in [5.74, 6) is 1.55. The van der Waals surface area contributed by atoms with E-state index >= 15 is 0 Å². The molecule has 1 saturated heterocycles. The Hall–Kier alpha value is -3.22. The number of carbonyl (C=O) groups is 2. The molecule has 2 aliphatic heterocycles. The third-order valence-corrected chi connectivity index (χ3v) is 6.03. The molecule has 2 aliphatic rings. The van der Waals surface area contributed by atoms with Crippen LogP contribution >= 0.6 is 0 Å². The highest BCUT2D eigenvalue weighted by Gasteiger charge is 2.42. The maximum Gasteiger partial charge on any atom is 0.231 e. The van der Waals surface area contributed by atoms with Gasteiger partial charge in [0.25, 0.3) is 0 Å². The maximum absolute atomic E-state index is 13.2. The summed E-state index contributed by atoms with van der Waals surface area (Å²) in [7, 11) is 1.61. The monoisotopic (exact) mass is 424 g/mol. The highest BCUT2D eigenvalue weighted by Crippen LogP contribution is 2.43. The molecule has 0 aliphatic carbocycles. The summed E-state index contributed by atoms with van der Waals surface area (Å²) >= 11 is 0. The van der Waals surface area contributed by atoms with Crippen molar-refractivity contribution in [3.05, 3.63) is 48.0 Å². The minimum absolute atomic E-state index is 0.0210. The Labute approximate surface area is 182 Å². The number of carbonyl (C=O) groups excluding carboxylic acids is 2. The van der Waals surface area contributed by atoms with Crippen LogP contribution in [0.2, 0.25) is 0 Å². The zero-order chi connectivity index (χ0) is 22.0. The van der Waals surface area contributed by atoms with Crippen molar-refractivity contribution in [1.82, 2.24) is 5.32 Å². The van der Waals surface area contributed by atoms with Gasteiger partial charge < -0.3 is 24.4 Å². The molecule has 0 saturated carbocycles. The molecule has 7 heteroatoms. The number of hydrogen-bond acceptors (Lipinski definition) is 5. The van der Waals surface area contributed by atoms with Crippen molar-refractivity contribution in [3.8, 4) is 17.2 Å². The number of nitrogens with zero attached hydrogens (tertiary/aromatic N) is 1. The number of piperidine rings is 1. The first-order valence-corrected chi connectivity index (χ1v) is 10.7. The zero-order valence-electron chi connectivity index (χ0n) is 18.1. The molecule has 2 heterocycles. The highest BCUT2D eigenvalue weighted by atomic mass is 16.7. The average Bonchev–Trinajstić information content (AvgIpc) is 3.26. The fourth-order valence-corrected chi connectivity index (χ4v) is 4.14. The maximum atomic E-state index is 13.2. The van der Waals surface area contributed by atoms with Crippen molar-refractivity contribution < 1.29 is 23.8 Å². The minimum Gasteiger partial charge on any atom is -0.497 e. The summed E-state index contributed by atoms with van der Waals surface area (Å²) in [6.07, 6.45) is 1.65. The first-order valence-electron chi connectivity index (χ1n) is 10.7. The van der Waals surface area contributed by atoms with Crippen LogP contribution in [0.5, 0.6) is 17.2 Å². The van der Waals surface area contributed by atoms with Gasteiger partial charge in [-0.3, -0.25) is 9.59 Å². The van der Waals surface area contributed by atoms with E-state index in [1.54, 1.807) is 18.1 Å². The number of anilines is 1. The topological polar surface area (TPSA) is 77.1 Å². The average molecular weight is 424 g/mol. The smallest absolute Gasteiger partial charge is 0.231 e. The van der Waals surface area contributed by atoms with Gasteiger partial charge in [0.15, 0.2) is 11.5 Å². The fourth-order valence-electron chi connectivity index (χ4n) is 4.14. The van der Waals surface area contributed by atoms with Crippen LogP contribution in [-0.2, 0) is 9.59 Å². The largest absolute Gasteiger partial charge is 0.497 e. The van der Waals surface area contributed by atoms with Gasteiger partial charge in [-0.15, -0.1) is 0 Å². The molecular formula is C24H28N2O5. The molecule has 3 atom stereocenters. The molecule has 1 N–H and O–H groups in total. The van der Waals surface area contributed by atoms with Crippen molar-refractivity contribution >= 4 is 17.5 Å². The van der Waals surface area contributed by atoms with Crippen LogP contribution in [0.15, 0.2) is 42.5 Å². The van der Waals surface area contributed by atoms with Crippen molar-refractivity contribution in [3.63, 3.8) is 0 Å². The van der Waals surface area contributed by atoms with Crippen LogP contribution in [-0.4, -0.2) is 31.8 Å². The number of ether oxygens (including phenoxy) is 3. The molecule has 31 heavy (non-hydrogen) atoms. The van der Waals surface area contributed by atoms with Gasteiger partial charge in [-0.2, -0.15) is 0 Å². The van der Waals surface area contributed by atoms with Crippen molar-refractivity contribution in [2.24, 2.45) is 5.92 Å². The van der Waals surface area contributed by atoms with Gasteiger partial charge in [-0.1, -0.05) is 19.1 Å². The summed E-state index contributed by atoms with van der Waals surface area (Å²) < 4.78 is 16.2. The SMILES string of the molecule is CC[C@H](C)NC(=O)[C@@H]1CCC(=O)N(c2ccc3c(c2)OCO3)[C@H]1c1ccc(OC)cc1. The molecular weight excluding hydrogens is 396 g/mol. The summed E-state index contributed by atoms with van der Waals surface area (Å²) in [4.78, 5) is 28.1. The number of fused-ring (bicyclic) bond motifs is 1. The van der Waals surface area contributed by atoms with Crippen LogP contribution < -0.4 is 24.4 Å². The van der Waals surface area contributed by atoms with Crippen molar-refractivity contribution in [1.29, 1.82) is 0 Å². The molecule has 0 spiro atoms. The lowest BCUT2D eigenvalue weighted by Crippen LogP contribution is -2.49. The molecule has 0 radical (unpaired) electrons. The van der Waals surface area contributed by atoms with Crippen LogP contribution in [0, 0.1) is 5.92 Å². The number of amides is 2. The molecule has 2 aromatic rings. The van der Waals surface area contributed by atoms with Gasteiger partial charge in [0.1, 0.15) is 5.75 Å². The van der Waals surface area contributed by atoms with Crippen LogP contribution in [0.1, 0.15) is 44.7 Å². The lowest BCUT2D eigenvalue weighted by molar-refractivity contribution is -0.129. The second-order valence-electron chi connectivity index (χ2n) is 7.98. The quantitative estimate of drug-likeness (QED) is 0.763. The first kappa shape index (κ1) is 21.0. The predicted octanol–water partition coefficient (Wildman–Crippen LogP) is 3.82. The van der Waals surface area contributed by atoms with Gasteiger partial charge in [0.05, 0.1) is 19.1 Å². The Bertz CT molecular complexity index is 959. The molecule has 7 nitrogen and oxygen atoms in total. The van der Waals surface area contributed by atoms with Crippen LogP contribution in [0.25, 0.3) is 0 Å². The third kappa shape index (κ3) is 4.17. The van der Waals surface area contributed by atoms with E-state index in [1.165, 1.54) is 0 Å². The summed E-state index contributed by atoms with van der Waals surface area (Å²) in [5, 5.41) is 3.10. The van der Waals surface area contributed by atoms with Crippen LogP contribution in [0.4, 0.5) is 5.69 Å². The van der Waals surface area contributed by atoms with Crippen molar-refractivity contribution in [2.75, 3.05) is 18.8 Å². The number of benzene rings is 2. The third-order valence-electron chi connectivity index (χ3n) is 6.03. The number of methoxy groups -OCH3 is 1. The molecule has 2 amide bonds. The molecule has 4 rings (SSSR count). The Morgan fingerprint density at radius 1 is 1.19 bits per heavy atom. The van der Waals surface area contributed by atoms with E-state index < -0.39 is 6.04 Å². The Morgan fingerprint density at radius 3 is 2.65 bits per heavy atom. The second kappa shape index (κ2) is 8.88. The standard InChI is InChI=1S/C24H28N2O5/c1-4-15(2)25-24(28)19-10-12-22(27)26(17-7-11-20-21(13-17)31-14-30-20)23(19)16-5-8-18(29-3)9-6-16/h5-9,11,13,15,19,23H,4,10,12,14H2,1-3H3,(H,25,28)/t15-,19+,23-/m0/s1. The molecule has 1 fully saturated rings. The number of rotatable bonds is 6. The van der Waals surface area contributed by atoms with Crippen molar-refractivity contribution in [2.45, 2.75) is 45.2 Å². The number of nitrogens with one attached hydrogen (secondary N) is 1. The summed E-state index contributed by atoms with van der Waals surface area (Å²) in [5.41, 5.74) is 1.58. The normalized spacial score (nSPS) is 21.0. The molecule has 0 unspecified atom stereocenters. The molecule has 164 valence electrons. The Balaban J connectivity index is 1.75. The molecule has 0 bridgehead atoms. The van der Waals surface area contributed by atoms with E-state index in [-0.39, 0.29) is 30.6 Å². The molecule has 0 aromatic heterocycles. The first-order chi connectivity index (χ1) is 15.0. The molecule has 2 aromatic carbocycles. The van der Waals surface area contributed by atoms with E-state index in [0.717, 1.165) is 17.7 Å². The van der Waals surface area contributed by atoms with Crippen LogP contribution in [0.3, 0.4) is 0 Å². The van der Waals surface area contributed by atoms with E-state index in [9.17, 15) is 9.59 Å². The van der Waals surface area contributed by atoms with E-state index in [4.69, 9.17) is 14.2 Å².